The van der Waals surface area contributed by atoms with E-state index in [0.29, 0.717) is 28.5 Å². The Balaban J connectivity index is 2.27. The molecule has 0 fully saturated rings. The number of fused-ring (bicyclic) bond motifs is 1. The predicted molar refractivity (Wildman–Crippen MR) is 77.0 cm³/mol. The molecule has 0 amide bonds. The molecule has 0 unspecified atom stereocenters. The summed E-state index contributed by atoms with van der Waals surface area (Å²) in [5, 5.41) is 3.08. The topological polar surface area (TPSA) is 78.1 Å². The van der Waals surface area contributed by atoms with Crippen LogP contribution in [0.3, 0.4) is 0 Å². The molecule has 0 bridgehead atoms. The average molecular weight is 284 g/mol. The van der Waals surface area contributed by atoms with E-state index in [1.165, 1.54) is 4.40 Å². The van der Waals surface area contributed by atoms with Crippen molar-refractivity contribution >= 4 is 11.6 Å². The largest absolute Gasteiger partial charge is 0.497 e. The maximum atomic E-state index is 11.2. The first-order chi connectivity index (χ1) is 10.3. The highest BCUT2D eigenvalue weighted by atomic mass is 16.5. The van der Waals surface area contributed by atoms with Gasteiger partial charge in [-0.2, -0.15) is 0 Å². The number of ether oxygens (including phenoxy) is 2. The zero-order valence-corrected chi connectivity index (χ0v) is 11.5. The lowest BCUT2D eigenvalue weighted by Gasteiger charge is -2.08. The Hall–Kier alpha value is -2.96. The number of nitrogens with zero attached hydrogens (tertiary/aromatic N) is 4. The van der Waals surface area contributed by atoms with Gasteiger partial charge in [0.15, 0.2) is 0 Å². The smallest absolute Gasteiger partial charge is 0.236 e. The van der Waals surface area contributed by atoms with E-state index in [2.05, 4.69) is 15.1 Å². The van der Waals surface area contributed by atoms with Crippen molar-refractivity contribution in [1.29, 1.82) is 0 Å². The molecule has 7 nitrogen and oxygen atoms in total. The van der Waals surface area contributed by atoms with Crippen molar-refractivity contribution in [3.63, 3.8) is 0 Å². The summed E-state index contributed by atoms with van der Waals surface area (Å²) in [5.74, 6) is 1.78. The Kier molecular flexibility index (Phi) is 3.23. The van der Waals surface area contributed by atoms with Crippen molar-refractivity contribution in [2.24, 2.45) is 5.18 Å². The maximum absolute atomic E-state index is 11.2. The SMILES string of the molecule is COc1ccc(-c2nc3ncccn3c2N=O)c(OC)c1. The lowest BCUT2D eigenvalue weighted by Crippen LogP contribution is -1.90. The second-order valence-corrected chi connectivity index (χ2v) is 4.23. The number of methoxy groups -OCH3 is 2. The zero-order valence-electron chi connectivity index (χ0n) is 11.5. The van der Waals surface area contributed by atoms with Gasteiger partial charge in [-0.15, -0.1) is 4.91 Å². The molecule has 2 heterocycles. The number of aromatic nitrogens is 3. The first-order valence-electron chi connectivity index (χ1n) is 6.17. The van der Waals surface area contributed by atoms with E-state index in [1.807, 2.05) is 0 Å². The fourth-order valence-corrected chi connectivity index (χ4v) is 2.14. The Labute approximate surface area is 120 Å². The summed E-state index contributed by atoms with van der Waals surface area (Å²) in [4.78, 5) is 19.7. The third-order valence-electron chi connectivity index (χ3n) is 3.13. The van der Waals surface area contributed by atoms with Crippen LogP contribution in [-0.2, 0) is 0 Å². The van der Waals surface area contributed by atoms with Crippen LogP contribution in [0.2, 0.25) is 0 Å². The van der Waals surface area contributed by atoms with Crippen LogP contribution in [-0.4, -0.2) is 28.6 Å². The molecule has 0 aliphatic heterocycles. The Morgan fingerprint density at radius 1 is 1.24 bits per heavy atom. The summed E-state index contributed by atoms with van der Waals surface area (Å²) in [7, 11) is 3.11. The standard InChI is InChI=1S/C14H12N4O3/c1-20-9-4-5-10(11(8-9)21-2)12-13(17-19)18-7-3-6-15-14(18)16-12/h3-8H,1-2H3. The highest BCUT2D eigenvalue weighted by Crippen LogP contribution is 2.37. The second-order valence-electron chi connectivity index (χ2n) is 4.23. The molecule has 0 N–H and O–H groups in total. The third kappa shape index (κ3) is 2.08. The predicted octanol–water partition coefficient (Wildman–Crippen LogP) is 2.81. The van der Waals surface area contributed by atoms with Crippen LogP contribution in [0.15, 0.2) is 41.8 Å². The van der Waals surface area contributed by atoms with Gasteiger partial charge in [0.05, 0.1) is 14.2 Å². The van der Waals surface area contributed by atoms with Crippen molar-refractivity contribution in [3.8, 4) is 22.8 Å². The minimum absolute atomic E-state index is 0.182. The summed E-state index contributed by atoms with van der Waals surface area (Å²) < 4.78 is 12.0. The van der Waals surface area contributed by atoms with Gasteiger partial charge in [0.1, 0.15) is 17.2 Å². The van der Waals surface area contributed by atoms with Gasteiger partial charge in [0.25, 0.3) is 0 Å². The van der Waals surface area contributed by atoms with Crippen LogP contribution in [0, 0.1) is 4.91 Å². The van der Waals surface area contributed by atoms with Crippen molar-refractivity contribution in [1.82, 2.24) is 14.4 Å². The molecule has 0 radical (unpaired) electrons. The fraction of sp³-hybridized carbons (Fsp3) is 0.143. The van der Waals surface area contributed by atoms with Crippen LogP contribution >= 0.6 is 0 Å². The van der Waals surface area contributed by atoms with Gasteiger partial charge in [-0.3, -0.25) is 4.40 Å². The molecule has 0 spiro atoms. The number of rotatable bonds is 4. The molecule has 21 heavy (non-hydrogen) atoms. The molecule has 0 aliphatic rings. The van der Waals surface area contributed by atoms with E-state index in [0.717, 1.165) is 0 Å². The summed E-state index contributed by atoms with van der Waals surface area (Å²) in [6.45, 7) is 0. The molecule has 0 saturated carbocycles. The normalized spacial score (nSPS) is 10.6. The molecule has 3 rings (SSSR count). The number of nitroso groups, excluding NO2 is 1. The molecule has 0 aliphatic carbocycles. The summed E-state index contributed by atoms with van der Waals surface area (Å²) in [6, 6.07) is 6.97. The van der Waals surface area contributed by atoms with Gasteiger partial charge in [0.2, 0.25) is 11.6 Å². The summed E-state index contributed by atoms with van der Waals surface area (Å²) >= 11 is 0. The summed E-state index contributed by atoms with van der Waals surface area (Å²) in [6.07, 6.45) is 3.29. The zero-order chi connectivity index (χ0) is 14.8. The van der Waals surface area contributed by atoms with Crippen LogP contribution in [0.5, 0.6) is 11.5 Å². The molecule has 106 valence electrons. The van der Waals surface area contributed by atoms with Crippen LogP contribution in [0.4, 0.5) is 5.82 Å². The molecule has 3 aromatic rings. The van der Waals surface area contributed by atoms with Crippen LogP contribution in [0.25, 0.3) is 17.0 Å². The minimum Gasteiger partial charge on any atom is -0.497 e. The molecule has 2 aromatic heterocycles. The molecule has 1 aromatic carbocycles. The van der Waals surface area contributed by atoms with Gasteiger partial charge in [0, 0.05) is 24.0 Å². The van der Waals surface area contributed by atoms with Crippen LogP contribution < -0.4 is 9.47 Å². The minimum atomic E-state index is 0.182. The second kappa shape index (κ2) is 5.20. The Morgan fingerprint density at radius 2 is 2.10 bits per heavy atom. The van der Waals surface area contributed by atoms with Crippen molar-refractivity contribution < 1.29 is 9.47 Å². The Morgan fingerprint density at radius 3 is 2.81 bits per heavy atom. The lowest BCUT2D eigenvalue weighted by atomic mass is 10.1. The van der Waals surface area contributed by atoms with Gasteiger partial charge in [-0.05, 0) is 23.4 Å². The van der Waals surface area contributed by atoms with E-state index in [-0.39, 0.29) is 5.82 Å². The quantitative estimate of drug-likeness (QED) is 0.688. The monoisotopic (exact) mass is 284 g/mol. The van der Waals surface area contributed by atoms with E-state index >= 15 is 0 Å². The number of benzene rings is 1. The van der Waals surface area contributed by atoms with E-state index in [4.69, 9.17) is 9.47 Å². The molecular formula is C14H12N4O3. The van der Waals surface area contributed by atoms with Crippen molar-refractivity contribution in [2.45, 2.75) is 0 Å². The highest BCUT2D eigenvalue weighted by Gasteiger charge is 2.19. The summed E-state index contributed by atoms with van der Waals surface area (Å²) in [5.41, 5.74) is 1.07. The highest BCUT2D eigenvalue weighted by molar-refractivity contribution is 5.78. The molecule has 0 atom stereocenters. The number of hydrogen-bond donors (Lipinski definition) is 0. The number of imidazole rings is 1. The fourth-order valence-electron chi connectivity index (χ4n) is 2.14. The van der Waals surface area contributed by atoms with Gasteiger partial charge in [-0.25, -0.2) is 9.97 Å². The number of hydrogen-bond acceptors (Lipinski definition) is 6. The molecule has 7 heteroatoms. The van der Waals surface area contributed by atoms with E-state index in [9.17, 15) is 4.91 Å². The first-order valence-corrected chi connectivity index (χ1v) is 6.17. The van der Waals surface area contributed by atoms with E-state index < -0.39 is 0 Å². The average Bonchev–Trinajstić information content (AvgIpc) is 2.92. The Bertz CT molecular complexity index is 813. The lowest BCUT2D eigenvalue weighted by molar-refractivity contribution is 0.395. The van der Waals surface area contributed by atoms with E-state index in [1.54, 1.807) is 50.9 Å². The third-order valence-corrected chi connectivity index (χ3v) is 3.13. The van der Waals surface area contributed by atoms with Gasteiger partial charge < -0.3 is 9.47 Å². The van der Waals surface area contributed by atoms with Crippen molar-refractivity contribution in [3.05, 3.63) is 41.6 Å². The van der Waals surface area contributed by atoms with Crippen LogP contribution in [0.1, 0.15) is 0 Å². The van der Waals surface area contributed by atoms with Crippen molar-refractivity contribution in [2.75, 3.05) is 14.2 Å². The maximum Gasteiger partial charge on any atom is 0.236 e. The first kappa shape index (κ1) is 13.0. The van der Waals surface area contributed by atoms with Gasteiger partial charge in [-0.1, -0.05) is 0 Å². The van der Waals surface area contributed by atoms with Gasteiger partial charge >= 0.3 is 0 Å². The molecule has 0 saturated heterocycles. The molecular weight excluding hydrogens is 272 g/mol.